The summed E-state index contributed by atoms with van der Waals surface area (Å²) in [4.78, 5) is 20.7. The molecule has 0 amide bonds. The second-order valence-corrected chi connectivity index (χ2v) is 4.44. The highest BCUT2D eigenvalue weighted by Crippen LogP contribution is 2.19. The van der Waals surface area contributed by atoms with Gasteiger partial charge in [-0.15, -0.1) is 0 Å². The molecule has 0 unspecified atom stereocenters. The lowest BCUT2D eigenvalue weighted by Gasteiger charge is -1.98. The number of nitrogen functional groups attached to an aromatic ring is 1. The van der Waals surface area contributed by atoms with E-state index in [9.17, 15) is 0 Å². The average molecular weight is 262 g/mol. The summed E-state index contributed by atoms with van der Waals surface area (Å²) in [5.74, 6) is 1.08. The Kier molecular flexibility index (Phi) is 2.17. The quantitative estimate of drug-likeness (QED) is 0.548. The van der Waals surface area contributed by atoms with Crippen molar-refractivity contribution in [3.63, 3.8) is 0 Å². The molecule has 96 valence electrons. The number of anilines is 1. The molecule has 0 atom stereocenters. The second-order valence-electron chi connectivity index (χ2n) is 4.44. The molecular formula is C14H10N6. The minimum Gasteiger partial charge on any atom is -0.384 e. The molecule has 4 aromatic rings. The Morgan fingerprint density at radius 2 is 1.75 bits per heavy atom. The van der Waals surface area contributed by atoms with Gasteiger partial charge in [0.05, 0.1) is 22.7 Å². The zero-order valence-corrected chi connectivity index (χ0v) is 10.4. The Morgan fingerprint density at radius 3 is 2.65 bits per heavy atom. The summed E-state index contributed by atoms with van der Waals surface area (Å²) < 4.78 is 0. The van der Waals surface area contributed by atoms with E-state index >= 15 is 0 Å². The molecule has 1 aromatic carbocycles. The van der Waals surface area contributed by atoms with E-state index in [0.29, 0.717) is 23.0 Å². The molecular weight excluding hydrogens is 252 g/mol. The summed E-state index contributed by atoms with van der Waals surface area (Å²) in [6.45, 7) is 0. The van der Waals surface area contributed by atoms with Crippen molar-refractivity contribution >= 4 is 28.0 Å². The fourth-order valence-electron chi connectivity index (χ4n) is 2.10. The maximum atomic E-state index is 5.65. The third kappa shape index (κ3) is 1.66. The topological polar surface area (TPSA) is 93.4 Å². The minimum atomic E-state index is 0.445. The van der Waals surface area contributed by atoms with Crippen LogP contribution in [0, 0.1) is 0 Å². The minimum absolute atomic E-state index is 0.445. The molecule has 4 rings (SSSR count). The highest BCUT2D eigenvalue weighted by atomic mass is 15.0. The number of aromatic amines is 1. The molecule has 3 heterocycles. The lowest BCUT2D eigenvalue weighted by molar-refractivity contribution is 1.22. The molecule has 0 aliphatic heterocycles. The predicted molar refractivity (Wildman–Crippen MR) is 76.8 cm³/mol. The molecule has 0 saturated heterocycles. The lowest BCUT2D eigenvalue weighted by atomic mass is 10.3. The first-order valence-corrected chi connectivity index (χ1v) is 6.14. The Balaban J connectivity index is 1.91. The third-order valence-corrected chi connectivity index (χ3v) is 3.06. The Bertz CT molecular complexity index is 927. The van der Waals surface area contributed by atoms with E-state index in [4.69, 9.17) is 5.73 Å². The molecule has 20 heavy (non-hydrogen) atoms. The van der Waals surface area contributed by atoms with E-state index in [1.54, 1.807) is 12.3 Å². The van der Waals surface area contributed by atoms with Crippen molar-refractivity contribution in [2.75, 3.05) is 5.73 Å². The van der Waals surface area contributed by atoms with E-state index in [2.05, 4.69) is 24.9 Å². The summed E-state index contributed by atoms with van der Waals surface area (Å²) in [5.41, 5.74) is 9.42. The smallest absolute Gasteiger partial charge is 0.180 e. The van der Waals surface area contributed by atoms with Gasteiger partial charge in [0.15, 0.2) is 11.5 Å². The average Bonchev–Trinajstić information content (AvgIpc) is 2.89. The Labute approximate surface area is 113 Å². The van der Waals surface area contributed by atoms with Crippen molar-refractivity contribution in [2.24, 2.45) is 0 Å². The van der Waals surface area contributed by atoms with Crippen LogP contribution in [0.1, 0.15) is 0 Å². The number of benzene rings is 1. The predicted octanol–water partition coefficient (Wildman–Crippen LogP) is 2.15. The lowest BCUT2D eigenvalue weighted by Crippen LogP contribution is -1.90. The number of aromatic nitrogens is 5. The van der Waals surface area contributed by atoms with Crippen LogP contribution in [0.25, 0.3) is 33.7 Å². The molecule has 0 aliphatic carbocycles. The van der Waals surface area contributed by atoms with Gasteiger partial charge in [0.1, 0.15) is 11.5 Å². The number of nitrogens with zero attached hydrogens (tertiary/aromatic N) is 4. The van der Waals surface area contributed by atoms with Crippen molar-refractivity contribution in [1.29, 1.82) is 0 Å². The largest absolute Gasteiger partial charge is 0.384 e. The molecule has 0 radical (unpaired) electrons. The van der Waals surface area contributed by atoms with Gasteiger partial charge in [-0.1, -0.05) is 12.1 Å². The molecule has 0 fully saturated rings. The Hall–Kier alpha value is -3.02. The number of H-pyrrole nitrogens is 1. The van der Waals surface area contributed by atoms with Crippen LogP contribution >= 0.6 is 0 Å². The number of hydrogen-bond donors (Lipinski definition) is 2. The van der Waals surface area contributed by atoms with Crippen LogP contribution in [0.5, 0.6) is 0 Å². The first-order chi connectivity index (χ1) is 9.79. The fourth-order valence-corrected chi connectivity index (χ4v) is 2.10. The molecule has 6 heteroatoms. The number of rotatable bonds is 1. The van der Waals surface area contributed by atoms with Gasteiger partial charge in [-0.25, -0.2) is 15.0 Å². The molecule has 0 saturated carbocycles. The van der Waals surface area contributed by atoms with Crippen LogP contribution < -0.4 is 5.73 Å². The van der Waals surface area contributed by atoms with E-state index in [-0.39, 0.29) is 0 Å². The highest BCUT2D eigenvalue weighted by Gasteiger charge is 2.09. The molecule has 6 nitrogen and oxygen atoms in total. The highest BCUT2D eigenvalue weighted by molar-refractivity contribution is 5.79. The van der Waals surface area contributed by atoms with Crippen LogP contribution in [0.4, 0.5) is 5.82 Å². The first-order valence-electron chi connectivity index (χ1n) is 6.14. The van der Waals surface area contributed by atoms with Crippen LogP contribution in [-0.2, 0) is 0 Å². The van der Waals surface area contributed by atoms with E-state index < -0.39 is 0 Å². The standard InChI is InChI=1S/C14H10N6/c15-12-6-5-10-13(19-12)20-14(18-10)11-7-16-8-3-1-2-4-9(8)17-11/h1-7H,(H3,15,18,19,20). The third-order valence-electron chi connectivity index (χ3n) is 3.06. The van der Waals surface area contributed by atoms with Crippen LogP contribution in [0.3, 0.4) is 0 Å². The summed E-state index contributed by atoms with van der Waals surface area (Å²) in [7, 11) is 0. The van der Waals surface area contributed by atoms with Crippen molar-refractivity contribution in [3.8, 4) is 11.5 Å². The van der Waals surface area contributed by atoms with E-state index in [1.807, 2.05) is 30.3 Å². The number of nitrogens with one attached hydrogen (secondary N) is 1. The fraction of sp³-hybridized carbons (Fsp3) is 0. The van der Waals surface area contributed by atoms with E-state index in [0.717, 1.165) is 16.6 Å². The number of pyridine rings is 1. The molecule has 3 aromatic heterocycles. The van der Waals surface area contributed by atoms with Gasteiger partial charge in [0.2, 0.25) is 0 Å². The van der Waals surface area contributed by atoms with Gasteiger partial charge in [0, 0.05) is 0 Å². The number of fused-ring (bicyclic) bond motifs is 2. The normalized spacial score (nSPS) is 11.2. The van der Waals surface area contributed by atoms with Crippen molar-refractivity contribution in [2.45, 2.75) is 0 Å². The van der Waals surface area contributed by atoms with Gasteiger partial charge in [0.25, 0.3) is 0 Å². The van der Waals surface area contributed by atoms with Crippen molar-refractivity contribution < 1.29 is 0 Å². The van der Waals surface area contributed by atoms with Gasteiger partial charge in [-0.05, 0) is 24.3 Å². The van der Waals surface area contributed by atoms with E-state index in [1.165, 1.54) is 0 Å². The number of imidazole rings is 1. The van der Waals surface area contributed by atoms with Crippen LogP contribution in [-0.4, -0.2) is 24.9 Å². The number of para-hydroxylation sites is 2. The maximum Gasteiger partial charge on any atom is 0.180 e. The van der Waals surface area contributed by atoms with Crippen LogP contribution in [0.2, 0.25) is 0 Å². The monoisotopic (exact) mass is 262 g/mol. The maximum absolute atomic E-state index is 5.65. The van der Waals surface area contributed by atoms with Crippen molar-refractivity contribution in [1.82, 2.24) is 24.9 Å². The first kappa shape index (κ1) is 10.9. The van der Waals surface area contributed by atoms with Crippen molar-refractivity contribution in [3.05, 3.63) is 42.6 Å². The number of hydrogen-bond acceptors (Lipinski definition) is 5. The molecule has 0 aliphatic rings. The van der Waals surface area contributed by atoms with Gasteiger partial charge in [-0.3, -0.25) is 4.98 Å². The summed E-state index contributed by atoms with van der Waals surface area (Å²) >= 11 is 0. The summed E-state index contributed by atoms with van der Waals surface area (Å²) in [5, 5.41) is 0. The zero-order valence-electron chi connectivity index (χ0n) is 10.4. The van der Waals surface area contributed by atoms with Gasteiger partial charge < -0.3 is 10.7 Å². The Morgan fingerprint density at radius 1 is 0.900 bits per heavy atom. The molecule has 0 spiro atoms. The number of nitrogens with two attached hydrogens (primary N) is 1. The summed E-state index contributed by atoms with van der Waals surface area (Å²) in [6, 6.07) is 11.3. The summed E-state index contributed by atoms with van der Waals surface area (Å²) in [6.07, 6.45) is 1.70. The zero-order chi connectivity index (χ0) is 13.5. The van der Waals surface area contributed by atoms with Gasteiger partial charge >= 0.3 is 0 Å². The molecule has 0 bridgehead atoms. The second kappa shape index (κ2) is 3.99. The van der Waals surface area contributed by atoms with Crippen LogP contribution in [0.15, 0.2) is 42.6 Å². The molecule has 3 N–H and O–H groups in total. The van der Waals surface area contributed by atoms with Gasteiger partial charge in [-0.2, -0.15) is 0 Å². The SMILES string of the molecule is Nc1ccc2[nH]c(-c3cnc4ccccc4n3)nc2n1.